The third kappa shape index (κ3) is 4.29. The molecule has 5 nitrogen and oxygen atoms in total. The SMILES string of the molecule is Nc1ccc2ncnc(NCC3CCC(N4CCC(F)(F)CC4)CC3)c2c1. The zero-order valence-electron chi connectivity index (χ0n) is 15.5. The minimum absolute atomic E-state index is 0.0123. The number of rotatable bonds is 4. The molecule has 0 amide bonds. The first-order valence-corrected chi connectivity index (χ1v) is 9.86. The highest BCUT2D eigenvalue weighted by molar-refractivity contribution is 5.91. The van der Waals surface area contributed by atoms with Crippen LogP contribution in [-0.4, -0.2) is 46.5 Å². The first kappa shape index (κ1) is 18.3. The molecule has 1 saturated heterocycles. The van der Waals surface area contributed by atoms with Crippen LogP contribution in [0.15, 0.2) is 24.5 Å². The lowest BCUT2D eigenvalue weighted by Gasteiger charge is -2.40. The number of hydrogen-bond donors (Lipinski definition) is 2. The monoisotopic (exact) mass is 375 g/mol. The number of benzene rings is 1. The maximum absolute atomic E-state index is 13.4. The maximum atomic E-state index is 13.4. The fourth-order valence-corrected chi connectivity index (χ4v) is 4.39. The molecule has 1 aromatic carbocycles. The molecule has 2 fully saturated rings. The predicted molar refractivity (Wildman–Crippen MR) is 104 cm³/mol. The van der Waals surface area contributed by atoms with Gasteiger partial charge in [0.15, 0.2) is 0 Å². The Bertz CT molecular complexity index is 779. The van der Waals surface area contributed by atoms with Gasteiger partial charge in [-0.05, 0) is 49.8 Å². The normalized spacial score (nSPS) is 26.1. The van der Waals surface area contributed by atoms with Crippen LogP contribution in [0.2, 0.25) is 0 Å². The predicted octanol–water partition coefficient (Wildman–Crippen LogP) is 3.91. The molecule has 1 aliphatic carbocycles. The molecule has 0 bridgehead atoms. The molecule has 4 rings (SSSR count). The molecule has 1 aliphatic heterocycles. The summed E-state index contributed by atoms with van der Waals surface area (Å²) in [6.45, 7) is 1.94. The van der Waals surface area contributed by atoms with Crippen molar-refractivity contribution in [3.63, 3.8) is 0 Å². The average Bonchev–Trinajstić information content (AvgIpc) is 2.67. The van der Waals surface area contributed by atoms with E-state index in [-0.39, 0.29) is 12.8 Å². The Hall–Kier alpha value is -2.02. The Morgan fingerprint density at radius 3 is 2.59 bits per heavy atom. The first-order chi connectivity index (χ1) is 13.0. The molecule has 2 aromatic rings. The van der Waals surface area contributed by atoms with Gasteiger partial charge in [0, 0.05) is 49.6 Å². The van der Waals surface area contributed by atoms with E-state index >= 15 is 0 Å². The molecular formula is C20H27F2N5. The highest BCUT2D eigenvalue weighted by atomic mass is 19.3. The van der Waals surface area contributed by atoms with Crippen molar-refractivity contribution < 1.29 is 8.78 Å². The summed E-state index contributed by atoms with van der Waals surface area (Å²) < 4.78 is 26.7. The third-order valence-corrected chi connectivity index (χ3v) is 6.08. The molecule has 2 heterocycles. The number of fused-ring (bicyclic) bond motifs is 1. The Labute approximate surface area is 158 Å². The number of nitrogens with zero attached hydrogens (tertiary/aromatic N) is 3. The van der Waals surface area contributed by atoms with Crippen LogP contribution in [0.4, 0.5) is 20.3 Å². The van der Waals surface area contributed by atoms with Crippen LogP contribution in [0.5, 0.6) is 0 Å². The Balaban J connectivity index is 1.30. The molecule has 27 heavy (non-hydrogen) atoms. The Morgan fingerprint density at radius 2 is 1.85 bits per heavy atom. The topological polar surface area (TPSA) is 67.1 Å². The van der Waals surface area contributed by atoms with Crippen molar-refractivity contribution in [2.45, 2.75) is 50.5 Å². The number of aromatic nitrogens is 2. The van der Waals surface area contributed by atoms with Crippen molar-refractivity contribution in [2.75, 3.05) is 30.7 Å². The molecule has 2 aliphatic rings. The number of piperidine rings is 1. The highest BCUT2D eigenvalue weighted by Crippen LogP contribution is 2.34. The van der Waals surface area contributed by atoms with Crippen LogP contribution < -0.4 is 11.1 Å². The second-order valence-electron chi connectivity index (χ2n) is 7.95. The van der Waals surface area contributed by atoms with E-state index in [4.69, 9.17) is 5.73 Å². The van der Waals surface area contributed by atoms with Gasteiger partial charge in [-0.1, -0.05) is 0 Å². The number of halogens is 2. The number of anilines is 2. The zero-order valence-corrected chi connectivity index (χ0v) is 15.5. The second kappa shape index (κ2) is 7.54. The summed E-state index contributed by atoms with van der Waals surface area (Å²) in [5, 5.41) is 4.42. The molecule has 3 N–H and O–H groups in total. The summed E-state index contributed by atoms with van der Waals surface area (Å²) in [7, 11) is 0. The molecular weight excluding hydrogens is 348 g/mol. The van der Waals surface area contributed by atoms with Crippen LogP contribution in [0.3, 0.4) is 0 Å². The number of alkyl halides is 2. The van der Waals surface area contributed by atoms with Gasteiger partial charge in [0.25, 0.3) is 5.92 Å². The zero-order chi connectivity index (χ0) is 18.9. The molecule has 146 valence electrons. The van der Waals surface area contributed by atoms with Gasteiger partial charge >= 0.3 is 0 Å². The van der Waals surface area contributed by atoms with Gasteiger partial charge in [-0.25, -0.2) is 18.7 Å². The van der Waals surface area contributed by atoms with Gasteiger partial charge in [-0.3, -0.25) is 4.90 Å². The summed E-state index contributed by atoms with van der Waals surface area (Å²) in [6.07, 6.45) is 6.02. The minimum Gasteiger partial charge on any atom is -0.399 e. The van der Waals surface area contributed by atoms with E-state index < -0.39 is 5.92 Å². The quantitative estimate of drug-likeness (QED) is 0.793. The van der Waals surface area contributed by atoms with Gasteiger partial charge in [-0.2, -0.15) is 0 Å². The lowest BCUT2D eigenvalue weighted by atomic mass is 9.84. The third-order valence-electron chi connectivity index (χ3n) is 6.08. The second-order valence-corrected chi connectivity index (χ2v) is 7.95. The van der Waals surface area contributed by atoms with E-state index in [9.17, 15) is 8.78 Å². The fraction of sp³-hybridized carbons (Fsp3) is 0.600. The summed E-state index contributed by atoms with van der Waals surface area (Å²) >= 11 is 0. The standard InChI is InChI=1S/C20H27F2N5/c21-20(22)7-9-27(10-8-20)16-4-1-14(2-5-16)12-24-19-17-11-15(23)3-6-18(17)25-13-26-19/h3,6,11,13-14,16H,1-2,4-5,7-10,12,23H2,(H,24,25,26). The molecule has 1 aromatic heterocycles. The number of likely N-dealkylation sites (tertiary alicyclic amines) is 1. The maximum Gasteiger partial charge on any atom is 0.250 e. The Kier molecular flexibility index (Phi) is 5.12. The van der Waals surface area contributed by atoms with Crippen molar-refractivity contribution in [1.29, 1.82) is 0 Å². The van der Waals surface area contributed by atoms with Crippen LogP contribution in [0.1, 0.15) is 38.5 Å². The van der Waals surface area contributed by atoms with Crippen LogP contribution in [0.25, 0.3) is 10.9 Å². The smallest absolute Gasteiger partial charge is 0.250 e. The molecule has 0 spiro atoms. The lowest BCUT2D eigenvalue weighted by molar-refractivity contribution is -0.0665. The average molecular weight is 375 g/mol. The molecule has 1 saturated carbocycles. The van der Waals surface area contributed by atoms with E-state index in [0.717, 1.165) is 48.9 Å². The van der Waals surface area contributed by atoms with E-state index in [2.05, 4.69) is 20.2 Å². The number of nitrogens with two attached hydrogens (primary N) is 1. The van der Waals surface area contributed by atoms with E-state index in [0.29, 0.717) is 30.7 Å². The highest BCUT2D eigenvalue weighted by Gasteiger charge is 2.37. The molecule has 0 unspecified atom stereocenters. The van der Waals surface area contributed by atoms with E-state index in [1.54, 1.807) is 6.33 Å². The van der Waals surface area contributed by atoms with Crippen molar-refractivity contribution in [2.24, 2.45) is 5.92 Å². The van der Waals surface area contributed by atoms with Crippen LogP contribution in [0, 0.1) is 5.92 Å². The fourth-order valence-electron chi connectivity index (χ4n) is 4.39. The van der Waals surface area contributed by atoms with Gasteiger partial charge in [0.1, 0.15) is 12.1 Å². The van der Waals surface area contributed by atoms with Gasteiger partial charge in [0.2, 0.25) is 0 Å². The van der Waals surface area contributed by atoms with E-state index in [1.807, 2.05) is 18.2 Å². The van der Waals surface area contributed by atoms with Gasteiger partial charge in [-0.15, -0.1) is 0 Å². The number of nitrogen functional groups attached to an aromatic ring is 1. The molecule has 0 radical (unpaired) electrons. The lowest BCUT2D eigenvalue weighted by Crippen LogP contribution is -2.46. The minimum atomic E-state index is -2.46. The summed E-state index contributed by atoms with van der Waals surface area (Å²) in [5.41, 5.74) is 7.48. The van der Waals surface area contributed by atoms with Gasteiger partial charge in [0.05, 0.1) is 5.52 Å². The van der Waals surface area contributed by atoms with Crippen LogP contribution >= 0.6 is 0 Å². The molecule has 7 heteroatoms. The van der Waals surface area contributed by atoms with Gasteiger partial charge < -0.3 is 11.1 Å². The summed E-state index contributed by atoms with van der Waals surface area (Å²) in [6, 6.07) is 6.12. The summed E-state index contributed by atoms with van der Waals surface area (Å²) in [5.74, 6) is -1.05. The number of nitrogens with one attached hydrogen (secondary N) is 1. The molecule has 0 atom stereocenters. The van der Waals surface area contributed by atoms with Crippen molar-refractivity contribution >= 4 is 22.4 Å². The van der Waals surface area contributed by atoms with Crippen molar-refractivity contribution in [3.8, 4) is 0 Å². The van der Waals surface area contributed by atoms with Crippen molar-refractivity contribution in [1.82, 2.24) is 14.9 Å². The van der Waals surface area contributed by atoms with E-state index in [1.165, 1.54) is 0 Å². The largest absolute Gasteiger partial charge is 0.399 e. The first-order valence-electron chi connectivity index (χ1n) is 9.86. The van der Waals surface area contributed by atoms with Crippen LogP contribution in [-0.2, 0) is 0 Å². The number of hydrogen-bond acceptors (Lipinski definition) is 5. The Morgan fingerprint density at radius 1 is 1.11 bits per heavy atom. The van der Waals surface area contributed by atoms with Crippen molar-refractivity contribution in [3.05, 3.63) is 24.5 Å². The summed E-state index contributed by atoms with van der Waals surface area (Å²) in [4.78, 5) is 10.9.